The monoisotopic (exact) mass is 941 g/mol. The lowest BCUT2D eigenvalue weighted by Crippen LogP contribution is -2.30. The zero-order chi connectivity index (χ0) is 48.6. The maximum atomic E-state index is 12.8. The van der Waals surface area contributed by atoms with E-state index in [1.807, 2.05) is 0 Å². The van der Waals surface area contributed by atoms with Crippen LogP contribution in [0, 0.1) is 0 Å². The molecule has 0 bridgehead atoms. The van der Waals surface area contributed by atoms with Crippen LogP contribution < -0.4 is 0 Å². The summed E-state index contributed by atoms with van der Waals surface area (Å²) in [6, 6.07) is 0. The Balaban J connectivity index is 4.35. The highest BCUT2D eigenvalue weighted by Crippen LogP contribution is 2.16. The summed E-state index contributed by atoms with van der Waals surface area (Å²) in [6.45, 7) is 6.64. The van der Waals surface area contributed by atoms with E-state index in [1.54, 1.807) is 0 Å². The highest BCUT2D eigenvalue weighted by molar-refractivity contribution is 5.71. The van der Waals surface area contributed by atoms with Crippen molar-refractivity contribution < 1.29 is 28.6 Å². The summed E-state index contributed by atoms with van der Waals surface area (Å²) in [5, 5.41) is 0. The third-order valence-corrected chi connectivity index (χ3v) is 13.1. The van der Waals surface area contributed by atoms with Crippen molar-refractivity contribution in [3.05, 3.63) is 36.5 Å². The summed E-state index contributed by atoms with van der Waals surface area (Å²) in [4.78, 5) is 38.2. The molecule has 0 radical (unpaired) electrons. The van der Waals surface area contributed by atoms with Crippen LogP contribution in [-0.4, -0.2) is 37.2 Å². The van der Waals surface area contributed by atoms with Crippen LogP contribution in [0.1, 0.15) is 316 Å². The van der Waals surface area contributed by atoms with Crippen LogP contribution in [0.5, 0.6) is 0 Å². The molecule has 6 heteroatoms. The molecular weight excluding hydrogens is 829 g/mol. The number of unbranched alkanes of at least 4 members (excludes halogenated alkanes) is 37. The molecule has 0 aromatic carbocycles. The van der Waals surface area contributed by atoms with Crippen molar-refractivity contribution in [3.8, 4) is 0 Å². The van der Waals surface area contributed by atoms with E-state index in [0.29, 0.717) is 19.3 Å². The van der Waals surface area contributed by atoms with Crippen molar-refractivity contribution in [2.45, 2.75) is 322 Å². The van der Waals surface area contributed by atoms with Gasteiger partial charge < -0.3 is 14.2 Å². The second-order valence-corrected chi connectivity index (χ2v) is 19.9. The number of rotatable bonds is 54. The van der Waals surface area contributed by atoms with Crippen LogP contribution in [-0.2, 0) is 28.6 Å². The minimum Gasteiger partial charge on any atom is -0.462 e. The van der Waals surface area contributed by atoms with Crippen molar-refractivity contribution in [2.24, 2.45) is 0 Å². The molecule has 392 valence electrons. The molecule has 0 aliphatic carbocycles. The van der Waals surface area contributed by atoms with Crippen molar-refractivity contribution in [1.82, 2.24) is 0 Å². The summed E-state index contributed by atoms with van der Waals surface area (Å²) in [6.07, 6.45) is 67.0. The van der Waals surface area contributed by atoms with Gasteiger partial charge in [-0.15, -0.1) is 0 Å². The molecule has 0 aromatic rings. The molecule has 0 unspecified atom stereocenters. The van der Waals surface area contributed by atoms with Gasteiger partial charge in [-0.2, -0.15) is 0 Å². The van der Waals surface area contributed by atoms with Crippen molar-refractivity contribution in [3.63, 3.8) is 0 Å². The number of ether oxygens (including phenoxy) is 3. The second kappa shape index (κ2) is 56.2. The molecule has 0 spiro atoms. The Labute approximate surface area is 416 Å². The van der Waals surface area contributed by atoms with Gasteiger partial charge >= 0.3 is 17.9 Å². The Morgan fingerprint density at radius 3 is 0.866 bits per heavy atom. The van der Waals surface area contributed by atoms with Gasteiger partial charge in [0.05, 0.1) is 0 Å². The van der Waals surface area contributed by atoms with E-state index in [9.17, 15) is 14.4 Å². The van der Waals surface area contributed by atoms with Gasteiger partial charge in [-0.3, -0.25) is 14.4 Å². The first kappa shape index (κ1) is 64.6. The predicted octanol–water partition coefficient (Wildman–Crippen LogP) is 19.7. The average Bonchev–Trinajstić information content (AvgIpc) is 3.33. The van der Waals surface area contributed by atoms with Crippen LogP contribution in [0.25, 0.3) is 0 Å². The number of hydrogen-bond acceptors (Lipinski definition) is 6. The number of allylic oxidation sites excluding steroid dienone is 6. The van der Waals surface area contributed by atoms with Crippen molar-refractivity contribution >= 4 is 17.9 Å². The van der Waals surface area contributed by atoms with E-state index in [-0.39, 0.29) is 31.1 Å². The molecule has 0 rings (SSSR count). The quantitative estimate of drug-likeness (QED) is 0.0262. The predicted molar refractivity (Wildman–Crippen MR) is 289 cm³/mol. The second-order valence-electron chi connectivity index (χ2n) is 19.9. The zero-order valence-electron chi connectivity index (χ0n) is 44.9. The van der Waals surface area contributed by atoms with Crippen LogP contribution >= 0.6 is 0 Å². The van der Waals surface area contributed by atoms with E-state index in [0.717, 1.165) is 83.5 Å². The molecule has 1 atom stereocenters. The lowest BCUT2D eigenvalue weighted by atomic mass is 10.0. The molecule has 67 heavy (non-hydrogen) atoms. The van der Waals surface area contributed by atoms with Crippen molar-refractivity contribution in [1.29, 1.82) is 0 Å². The summed E-state index contributed by atoms with van der Waals surface area (Å²) in [5.74, 6) is -0.875. The fraction of sp³-hybridized carbons (Fsp3) is 0.852. The number of carbonyl (C=O) groups is 3. The third kappa shape index (κ3) is 54.4. The molecule has 0 aromatic heterocycles. The maximum absolute atomic E-state index is 12.8. The van der Waals surface area contributed by atoms with Gasteiger partial charge in [-0.1, -0.05) is 256 Å². The van der Waals surface area contributed by atoms with E-state index >= 15 is 0 Å². The van der Waals surface area contributed by atoms with Crippen molar-refractivity contribution in [2.75, 3.05) is 13.2 Å². The molecule has 0 amide bonds. The number of carbonyl (C=O) groups excluding carboxylic acids is 3. The van der Waals surface area contributed by atoms with Gasteiger partial charge in [0.25, 0.3) is 0 Å². The zero-order valence-corrected chi connectivity index (χ0v) is 44.9. The fourth-order valence-electron chi connectivity index (χ4n) is 8.65. The molecule has 0 heterocycles. The Hall–Kier alpha value is -2.37. The highest BCUT2D eigenvalue weighted by Gasteiger charge is 2.19. The van der Waals surface area contributed by atoms with Gasteiger partial charge in [0.2, 0.25) is 0 Å². The minimum atomic E-state index is -0.778. The van der Waals surface area contributed by atoms with E-state index < -0.39 is 6.10 Å². The summed E-state index contributed by atoms with van der Waals surface area (Å²) in [7, 11) is 0. The lowest BCUT2D eigenvalue weighted by molar-refractivity contribution is -0.167. The first-order valence-electron chi connectivity index (χ1n) is 29.5. The van der Waals surface area contributed by atoms with Gasteiger partial charge in [-0.25, -0.2) is 0 Å². The minimum absolute atomic E-state index is 0.0755. The summed E-state index contributed by atoms with van der Waals surface area (Å²) in [5.41, 5.74) is 0. The molecule has 0 aliphatic rings. The Kier molecular flexibility index (Phi) is 54.2. The van der Waals surface area contributed by atoms with Gasteiger partial charge in [0.1, 0.15) is 13.2 Å². The molecule has 0 saturated heterocycles. The Morgan fingerprint density at radius 2 is 0.537 bits per heavy atom. The molecule has 0 fully saturated rings. The van der Waals surface area contributed by atoms with E-state index in [4.69, 9.17) is 14.2 Å². The Morgan fingerprint density at radius 1 is 0.299 bits per heavy atom. The topological polar surface area (TPSA) is 78.9 Å². The van der Waals surface area contributed by atoms with Gasteiger partial charge in [0, 0.05) is 19.3 Å². The fourth-order valence-corrected chi connectivity index (χ4v) is 8.65. The molecule has 6 nitrogen and oxygen atoms in total. The maximum Gasteiger partial charge on any atom is 0.306 e. The van der Waals surface area contributed by atoms with Crippen LogP contribution in [0.2, 0.25) is 0 Å². The SMILES string of the molecule is CCCCC/C=C\C/C=C\CCCCCCCC(=O)O[C@H](COC(=O)CCCCCCCCC/C=C\CCCCCCCC)COC(=O)CCCCCCCCCCCCCCCCCCC. The number of esters is 3. The third-order valence-electron chi connectivity index (χ3n) is 13.1. The Bertz CT molecular complexity index is 1130. The number of hydrogen-bond donors (Lipinski definition) is 0. The lowest BCUT2D eigenvalue weighted by Gasteiger charge is -2.18. The first-order valence-corrected chi connectivity index (χ1v) is 29.5. The summed E-state index contributed by atoms with van der Waals surface area (Å²) >= 11 is 0. The molecule has 0 saturated carbocycles. The molecule has 0 aliphatic heterocycles. The standard InChI is InChI=1S/C61H112O6/c1-4-7-10-13-16-19-22-25-28-30-33-35-38-41-44-47-50-53-59(62)65-56-58(67-61(64)55-52-49-46-43-40-37-32-27-24-21-18-15-12-9-6-3)57-66-60(63)54-51-48-45-42-39-36-34-31-29-26-23-20-17-14-11-8-5-2/h18,21,25,27-28,32,58H,4-17,19-20,22-24,26,29-31,33-57H2,1-3H3/b21-18-,28-25-,32-27-/t58-/m1/s1. The van der Waals surface area contributed by atoms with Crippen LogP contribution in [0.15, 0.2) is 36.5 Å². The smallest absolute Gasteiger partial charge is 0.306 e. The summed E-state index contributed by atoms with van der Waals surface area (Å²) < 4.78 is 16.9. The molecule has 0 N–H and O–H groups in total. The van der Waals surface area contributed by atoms with Crippen LogP contribution in [0.3, 0.4) is 0 Å². The van der Waals surface area contributed by atoms with Gasteiger partial charge in [0.15, 0.2) is 6.10 Å². The van der Waals surface area contributed by atoms with E-state index in [2.05, 4.69) is 57.2 Å². The first-order chi connectivity index (χ1) is 33.0. The van der Waals surface area contributed by atoms with Gasteiger partial charge in [-0.05, 0) is 77.0 Å². The average molecular weight is 942 g/mol. The largest absolute Gasteiger partial charge is 0.462 e. The van der Waals surface area contributed by atoms with Crippen LogP contribution in [0.4, 0.5) is 0 Å². The highest BCUT2D eigenvalue weighted by atomic mass is 16.6. The molecular formula is C61H112O6. The normalized spacial score (nSPS) is 12.2. The van der Waals surface area contributed by atoms with E-state index in [1.165, 1.54) is 193 Å².